The molecule has 0 aromatic carbocycles. The van der Waals surface area contributed by atoms with Crippen LogP contribution in [0.5, 0.6) is 5.88 Å². The van der Waals surface area contributed by atoms with Crippen LogP contribution in [0.2, 0.25) is 0 Å². The van der Waals surface area contributed by atoms with Gasteiger partial charge in [0, 0.05) is 12.6 Å². The van der Waals surface area contributed by atoms with Crippen LogP contribution in [-0.2, 0) is 6.54 Å². The van der Waals surface area contributed by atoms with E-state index >= 15 is 0 Å². The Labute approximate surface area is 98.2 Å². The maximum atomic E-state index is 5.76. The van der Waals surface area contributed by atoms with E-state index in [1.165, 1.54) is 0 Å². The van der Waals surface area contributed by atoms with Gasteiger partial charge < -0.3 is 10.1 Å². The molecule has 1 N–H and O–H groups in total. The van der Waals surface area contributed by atoms with Crippen LogP contribution in [0.4, 0.5) is 0 Å². The predicted molar refractivity (Wildman–Crippen MR) is 66.5 cm³/mol. The third-order valence-electron chi connectivity index (χ3n) is 2.58. The van der Waals surface area contributed by atoms with Crippen molar-refractivity contribution in [3.8, 4) is 5.88 Å². The van der Waals surface area contributed by atoms with E-state index in [-0.39, 0.29) is 6.10 Å². The molecule has 0 bridgehead atoms. The maximum Gasteiger partial charge on any atom is 0.213 e. The van der Waals surface area contributed by atoms with E-state index in [1.807, 2.05) is 18.2 Å². The van der Waals surface area contributed by atoms with E-state index in [2.05, 4.69) is 38.0 Å². The van der Waals surface area contributed by atoms with Crippen LogP contribution in [0.15, 0.2) is 18.2 Å². The molecule has 1 unspecified atom stereocenters. The van der Waals surface area contributed by atoms with Gasteiger partial charge >= 0.3 is 0 Å². The third-order valence-corrected chi connectivity index (χ3v) is 2.58. The lowest BCUT2D eigenvalue weighted by Crippen LogP contribution is -2.20. The molecule has 0 aliphatic rings. The highest BCUT2D eigenvalue weighted by molar-refractivity contribution is 5.16. The Bertz CT molecular complexity index is 313. The zero-order valence-electron chi connectivity index (χ0n) is 10.7. The van der Waals surface area contributed by atoms with Crippen LogP contribution in [-0.4, -0.2) is 17.6 Å². The number of hydrogen-bond acceptors (Lipinski definition) is 3. The average Bonchev–Trinajstić information content (AvgIpc) is 2.26. The maximum absolute atomic E-state index is 5.76. The second kappa shape index (κ2) is 6.48. The number of nitrogens with zero attached hydrogens (tertiary/aromatic N) is 1. The Hall–Kier alpha value is -1.09. The highest BCUT2D eigenvalue weighted by Gasteiger charge is 2.09. The molecule has 0 amide bonds. The molecule has 0 aliphatic carbocycles. The summed E-state index contributed by atoms with van der Waals surface area (Å²) in [5.74, 6) is 1.22. The lowest BCUT2D eigenvalue weighted by Gasteiger charge is -2.17. The molecule has 1 aromatic rings. The summed E-state index contributed by atoms with van der Waals surface area (Å²) in [6.45, 7) is 10.2. The quantitative estimate of drug-likeness (QED) is 0.803. The van der Waals surface area contributed by atoms with E-state index in [9.17, 15) is 0 Å². The summed E-state index contributed by atoms with van der Waals surface area (Å²) < 4.78 is 5.76. The van der Waals surface area contributed by atoms with E-state index in [0.717, 1.165) is 24.7 Å². The van der Waals surface area contributed by atoms with Gasteiger partial charge in [-0.05, 0) is 25.5 Å². The highest BCUT2D eigenvalue weighted by Crippen LogP contribution is 2.13. The van der Waals surface area contributed by atoms with Crippen molar-refractivity contribution in [1.29, 1.82) is 0 Å². The zero-order valence-corrected chi connectivity index (χ0v) is 10.7. The van der Waals surface area contributed by atoms with Gasteiger partial charge in [0.1, 0.15) is 0 Å². The van der Waals surface area contributed by atoms with E-state index in [1.54, 1.807) is 0 Å². The van der Waals surface area contributed by atoms with Crippen LogP contribution in [0.3, 0.4) is 0 Å². The minimum Gasteiger partial charge on any atom is -0.474 e. The Morgan fingerprint density at radius 2 is 2.06 bits per heavy atom. The smallest absolute Gasteiger partial charge is 0.213 e. The number of nitrogens with one attached hydrogen (secondary N) is 1. The number of ether oxygens (including phenoxy) is 1. The number of aromatic nitrogens is 1. The first-order chi connectivity index (χ1) is 7.63. The lowest BCUT2D eigenvalue weighted by atomic mass is 10.1. The molecule has 1 rings (SSSR count). The molecule has 0 fully saturated rings. The number of rotatable bonds is 6. The van der Waals surface area contributed by atoms with Crippen molar-refractivity contribution in [3.05, 3.63) is 23.9 Å². The second-order valence-corrected chi connectivity index (χ2v) is 4.31. The molecular formula is C13H22N2O. The Morgan fingerprint density at radius 1 is 1.31 bits per heavy atom. The molecule has 1 atom stereocenters. The van der Waals surface area contributed by atoms with Crippen molar-refractivity contribution in [2.75, 3.05) is 6.54 Å². The fourth-order valence-corrected chi connectivity index (χ4v) is 1.20. The third kappa shape index (κ3) is 4.19. The summed E-state index contributed by atoms with van der Waals surface area (Å²) in [6.07, 6.45) is 0.196. The van der Waals surface area contributed by atoms with Gasteiger partial charge in [-0.1, -0.05) is 26.8 Å². The molecular weight excluding hydrogens is 200 g/mol. The first kappa shape index (κ1) is 13.0. The molecule has 3 nitrogen and oxygen atoms in total. The van der Waals surface area contributed by atoms with Gasteiger partial charge in [0.05, 0.1) is 11.8 Å². The van der Waals surface area contributed by atoms with Crippen molar-refractivity contribution in [1.82, 2.24) is 10.3 Å². The summed E-state index contributed by atoms with van der Waals surface area (Å²) >= 11 is 0. The first-order valence-corrected chi connectivity index (χ1v) is 5.96. The average molecular weight is 222 g/mol. The second-order valence-electron chi connectivity index (χ2n) is 4.31. The molecule has 16 heavy (non-hydrogen) atoms. The summed E-state index contributed by atoms with van der Waals surface area (Å²) in [5, 5.41) is 3.25. The molecule has 0 radical (unpaired) electrons. The Morgan fingerprint density at radius 3 is 2.69 bits per heavy atom. The number of pyridine rings is 1. The molecule has 0 saturated carbocycles. The van der Waals surface area contributed by atoms with Crippen molar-refractivity contribution in [2.45, 2.75) is 40.3 Å². The topological polar surface area (TPSA) is 34.1 Å². The largest absolute Gasteiger partial charge is 0.474 e. The lowest BCUT2D eigenvalue weighted by molar-refractivity contribution is 0.163. The minimum atomic E-state index is 0.196. The van der Waals surface area contributed by atoms with Gasteiger partial charge in [0.2, 0.25) is 5.88 Å². The van der Waals surface area contributed by atoms with Crippen molar-refractivity contribution < 1.29 is 4.74 Å². The zero-order chi connectivity index (χ0) is 12.0. The molecule has 0 spiro atoms. The van der Waals surface area contributed by atoms with Crippen LogP contribution >= 0.6 is 0 Å². The molecule has 90 valence electrons. The van der Waals surface area contributed by atoms with Crippen LogP contribution < -0.4 is 10.1 Å². The summed E-state index contributed by atoms with van der Waals surface area (Å²) in [7, 11) is 0. The Kier molecular flexibility index (Phi) is 5.26. The number of hydrogen-bond donors (Lipinski definition) is 1. The summed E-state index contributed by atoms with van der Waals surface area (Å²) in [5.41, 5.74) is 1.02. The SMILES string of the molecule is CCNCc1cccc(OC(C)C(C)C)n1. The Balaban J connectivity index is 2.59. The van der Waals surface area contributed by atoms with Gasteiger partial charge in [-0.15, -0.1) is 0 Å². The van der Waals surface area contributed by atoms with Crippen molar-refractivity contribution in [3.63, 3.8) is 0 Å². The fourth-order valence-electron chi connectivity index (χ4n) is 1.20. The minimum absolute atomic E-state index is 0.196. The van der Waals surface area contributed by atoms with Crippen molar-refractivity contribution >= 4 is 0 Å². The molecule has 3 heteroatoms. The fraction of sp³-hybridized carbons (Fsp3) is 0.615. The predicted octanol–water partition coefficient (Wildman–Crippen LogP) is 2.61. The normalized spacial score (nSPS) is 12.8. The highest BCUT2D eigenvalue weighted by atomic mass is 16.5. The van der Waals surface area contributed by atoms with Crippen LogP contribution in [0, 0.1) is 5.92 Å². The van der Waals surface area contributed by atoms with E-state index in [4.69, 9.17) is 4.74 Å². The van der Waals surface area contributed by atoms with Gasteiger partial charge in [-0.2, -0.15) is 0 Å². The van der Waals surface area contributed by atoms with Gasteiger partial charge in [0.25, 0.3) is 0 Å². The van der Waals surface area contributed by atoms with Crippen LogP contribution in [0.1, 0.15) is 33.4 Å². The summed E-state index contributed by atoms with van der Waals surface area (Å²) in [6, 6.07) is 5.91. The van der Waals surface area contributed by atoms with Gasteiger partial charge in [0.15, 0.2) is 0 Å². The summed E-state index contributed by atoms with van der Waals surface area (Å²) in [4.78, 5) is 4.45. The molecule has 0 aliphatic heterocycles. The van der Waals surface area contributed by atoms with E-state index in [0.29, 0.717) is 5.92 Å². The van der Waals surface area contributed by atoms with Gasteiger partial charge in [-0.3, -0.25) is 0 Å². The van der Waals surface area contributed by atoms with Gasteiger partial charge in [-0.25, -0.2) is 4.98 Å². The standard InChI is InChI=1S/C13H22N2O/c1-5-14-9-12-7-6-8-13(15-12)16-11(4)10(2)3/h6-8,10-11,14H,5,9H2,1-4H3. The molecule has 0 saturated heterocycles. The van der Waals surface area contributed by atoms with Crippen LogP contribution in [0.25, 0.3) is 0 Å². The van der Waals surface area contributed by atoms with E-state index < -0.39 is 0 Å². The van der Waals surface area contributed by atoms with Crippen molar-refractivity contribution in [2.24, 2.45) is 5.92 Å². The molecule has 1 heterocycles. The first-order valence-electron chi connectivity index (χ1n) is 5.96. The molecule has 1 aromatic heterocycles. The monoisotopic (exact) mass is 222 g/mol.